The summed E-state index contributed by atoms with van der Waals surface area (Å²) in [7, 11) is 0. The van der Waals surface area contributed by atoms with Crippen LogP contribution in [0.15, 0.2) is 42.6 Å². The van der Waals surface area contributed by atoms with E-state index in [1.165, 1.54) is 0 Å². The number of nitrogens with one attached hydrogen (secondary N) is 1. The quantitative estimate of drug-likeness (QED) is 0.651. The van der Waals surface area contributed by atoms with Gasteiger partial charge in [0.2, 0.25) is 0 Å². The van der Waals surface area contributed by atoms with Gasteiger partial charge in [-0.15, -0.1) is 0 Å². The van der Waals surface area contributed by atoms with Gasteiger partial charge in [-0.3, -0.25) is 0 Å². The molecule has 1 aromatic heterocycles. The maximum absolute atomic E-state index is 9.10. The fraction of sp³-hybridized carbons (Fsp3) is 0. The highest BCUT2D eigenvalue weighted by atomic mass is 16.3. The minimum atomic E-state index is 0.241. The molecule has 0 bridgehead atoms. The molecule has 0 unspecified atom stereocenters. The van der Waals surface area contributed by atoms with E-state index < -0.39 is 0 Å². The van der Waals surface area contributed by atoms with E-state index in [0.29, 0.717) is 5.69 Å². The molecular formula is C11H11N3O. The largest absolute Gasteiger partial charge is 0.508 e. The number of hydrogen-bond donors (Lipinski definition) is 3. The lowest BCUT2D eigenvalue weighted by Crippen LogP contribution is -1.94. The zero-order valence-corrected chi connectivity index (χ0v) is 8.01. The molecule has 4 heteroatoms. The molecule has 0 aliphatic heterocycles. The molecule has 0 atom stereocenters. The molecule has 0 fully saturated rings. The minimum absolute atomic E-state index is 0.241. The van der Waals surface area contributed by atoms with Gasteiger partial charge in [-0.05, 0) is 36.4 Å². The van der Waals surface area contributed by atoms with Crippen LogP contribution in [0.25, 0.3) is 0 Å². The third kappa shape index (κ3) is 2.37. The number of rotatable bonds is 2. The highest BCUT2D eigenvalue weighted by molar-refractivity contribution is 5.58. The lowest BCUT2D eigenvalue weighted by Gasteiger charge is -2.05. The van der Waals surface area contributed by atoms with Crippen molar-refractivity contribution >= 4 is 17.2 Å². The summed E-state index contributed by atoms with van der Waals surface area (Å²) in [4.78, 5) is 4.10. The molecule has 0 radical (unpaired) electrons. The molecule has 0 amide bonds. The average Bonchev–Trinajstić information content (AvgIpc) is 2.25. The summed E-state index contributed by atoms with van der Waals surface area (Å²) in [6.45, 7) is 0. The predicted molar refractivity (Wildman–Crippen MR) is 60.0 cm³/mol. The Morgan fingerprint density at radius 3 is 2.40 bits per heavy atom. The molecule has 2 aromatic rings. The van der Waals surface area contributed by atoms with Gasteiger partial charge in [-0.2, -0.15) is 0 Å². The van der Waals surface area contributed by atoms with Crippen molar-refractivity contribution in [3.8, 4) is 5.75 Å². The minimum Gasteiger partial charge on any atom is -0.508 e. The van der Waals surface area contributed by atoms with Crippen LogP contribution in [0.4, 0.5) is 17.2 Å². The highest BCUT2D eigenvalue weighted by Crippen LogP contribution is 2.17. The molecule has 0 aliphatic carbocycles. The molecule has 0 aliphatic rings. The molecule has 0 saturated carbocycles. The second-order valence-corrected chi connectivity index (χ2v) is 3.15. The van der Waals surface area contributed by atoms with Crippen molar-refractivity contribution in [2.45, 2.75) is 0 Å². The predicted octanol–water partition coefficient (Wildman–Crippen LogP) is 2.11. The van der Waals surface area contributed by atoms with Gasteiger partial charge in [-0.1, -0.05) is 0 Å². The molecule has 76 valence electrons. The molecular weight excluding hydrogens is 190 g/mol. The smallest absolute Gasteiger partial charge is 0.130 e. The Balaban J connectivity index is 2.15. The van der Waals surface area contributed by atoms with Crippen molar-refractivity contribution in [3.05, 3.63) is 42.6 Å². The first-order valence-electron chi connectivity index (χ1n) is 4.51. The van der Waals surface area contributed by atoms with E-state index in [2.05, 4.69) is 10.3 Å². The third-order valence-electron chi connectivity index (χ3n) is 1.93. The first-order valence-corrected chi connectivity index (χ1v) is 4.51. The molecule has 4 N–H and O–H groups in total. The van der Waals surface area contributed by atoms with Gasteiger partial charge >= 0.3 is 0 Å². The van der Waals surface area contributed by atoms with Crippen molar-refractivity contribution in [2.75, 3.05) is 11.1 Å². The van der Waals surface area contributed by atoms with E-state index in [1.807, 2.05) is 0 Å². The van der Waals surface area contributed by atoms with E-state index in [-0.39, 0.29) is 5.75 Å². The monoisotopic (exact) mass is 201 g/mol. The second kappa shape index (κ2) is 3.88. The van der Waals surface area contributed by atoms with Crippen LogP contribution in [0.1, 0.15) is 0 Å². The Morgan fingerprint density at radius 1 is 1.07 bits per heavy atom. The highest BCUT2D eigenvalue weighted by Gasteiger charge is 1.95. The molecule has 2 rings (SSSR count). The zero-order chi connectivity index (χ0) is 10.7. The molecule has 1 heterocycles. The zero-order valence-electron chi connectivity index (χ0n) is 8.01. The van der Waals surface area contributed by atoms with Gasteiger partial charge in [0.25, 0.3) is 0 Å². The fourth-order valence-corrected chi connectivity index (χ4v) is 1.17. The number of anilines is 3. The van der Waals surface area contributed by atoms with Crippen molar-refractivity contribution in [3.63, 3.8) is 0 Å². The van der Waals surface area contributed by atoms with E-state index in [9.17, 15) is 0 Å². The molecule has 15 heavy (non-hydrogen) atoms. The van der Waals surface area contributed by atoms with Gasteiger partial charge in [-0.25, -0.2) is 4.98 Å². The first-order chi connectivity index (χ1) is 7.24. The summed E-state index contributed by atoms with van der Waals surface area (Å²) in [5.41, 5.74) is 7.01. The number of hydrogen-bond acceptors (Lipinski definition) is 4. The van der Waals surface area contributed by atoms with Crippen LogP contribution in [-0.2, 0) is 0 Å². The molecule has 4 nitrogen and oxygen atoms in total. The number of nitrogen functional groups attached to an aromatic ring is 1. The topological polar surface area (TPSA) is 71.2 Å². The molecule has 0 saturated heterocycles. The maximum atomic E-state index is 9.10. The Morgan fingerprint density at radius 2 is 1.80 bits per heavy atom. The van der Waals surface area contributed by atoms with Gasteiger partial charge in [0, 0.05) is 5.69 Å². The van der Waals surface area contributed by atoms with Gasteiger partial charge in [0.1, 0.15) is 11.6 Å². The second-order valence-electron chi connectivity index (χ2n) is 3.15. The summed E-state index contributed by atoms with van der Waals surface area (Å²) in [6, 6.07) is 10.3. The lowest BCUT2D eigenvalue weighted by molar-refractivity contribution is 0.475. The number of pyridine rings is 1. The standard InChI is InChI=1S/C11H11N3O/c12-8-1-6-11(13-7-8)14-9-2-4-10(15)5-3-9/h1-7,15H,12H2,(H,13,14). The number of benzene rings is 1. The Labute approximate surface area is 87.4 Å². The number of aromatic nitrogens is 1. The average molecular weight is 201 g/mol. The number of nitrogens with zero attached hydrogens (tertiary/aromatic N) is 1. The molecule has 1 aromatic carbocycles. The summed E-state index contributed by atoms with van der Waals surface area (Å²) in [6.07, 6.45) is 1.59. The number of phenolic OH excluding ortho intramolecular Hbond substituents is 1. The first kappa shape index (κ1) is 9.33. The summed E-state index contributed by atoms with van der Waals surface area (Å²) in [5.74, 6) is 0.959. The number of phenols is 1. The Kier molecular flexibility index (Phi) is 2.41. The van der Waals surface area contributed by atoms with Crippen molar-refractivity contribution < 1.29 is 5.11 Å². The van der Waals surface area contributed by atoms with E-state index in [1.54, 1.807) is 42.6 Å². The number of nitrogens with two attached hydrogens (primary N) is 1. The summed E-state index contributed by atoms with van der Waals surface area (Å²) in [5, 5.41) is 12.2. The van der Waals surface area contributed by atoms with Gasteiger partial charge in [0.05, 0.1) is 11.9 Å². The van der Waals surface area contributed by atoms with Gasteiger partial charge < -0.3 is 16.2 Å². The van der Waals surface area contributed by atoms with E-state index in [4.69, 9.17) is 10.8 Å². The maximum Gasteiger partial charge on any atom is 0.130 e. The molecule has 0 spiro atoms. The fourth-order valence-electron chi connectivity index (χ4n) is 1.17. The number of aromatic hydroxyl groups is 1. The Bertz CT molecular complexity index is 393. The van der Waals surface area contributed by atoms with E-state index in [0.717, 1.165) is 11.5 Å². The van der Waals surface area contributed by atoms with Crippen molar-refractivity contribution in [1.82, 2.24) is 4.98 Å². The van der Waals surface area contributed by atoms with Crippen LogP contribution in [0.3, 0.4) is 0 Å². The summed E-state index contributed by atoms with van der Waals surface area (Å²) < 4.78 is 0. The van der Waals surface area contributed by atoms with Crippen LogP contribution in [0.2, 0.25) is 0 Å². The van der Waals surface area contributed by atoms with Crippen molar-refractivity contribution in [1.29, 1.82) is 0 Å². The Hall–Kier alpha value is -2.23. The SMILES string of the molecule is Nc1ccc(Nc2ccc(O)cc2)nc1. The summed E-state index contributed by atoms with van der Waals surface area (Å²) >= 11 is 0. The van der Waals surface area contributed by atoms with Crippen LogP contribution in [0, 0.1) is 0 Å². The van der Waals surface area contributed by atoms with Crippen LogP contribution in [0.5, 0.6) is 5.75 Å². The van der Waals surface area contributed by atoms with Gasteiger partial charge in [0.15, 0.2) is 0 Å². The van der Waals surface area contributed by atoms with Crippen LogP contribution < -0.4 is 11.1 Å². The normalized spacial score (nSPS) is 9.87. The van der Waals surface area contributed by atoms with Crippen LogP contribution >= 0.6 is 0 Å². The third-order valence-corrected chi connectivity index (χ3v) is 1.93. The van der Waals surface area contributed by atoms with Crippen molar-refractivity contribution in [2.24, 2.45) is 0 Å². The van der Waals surface area contributed by atoms with E-state index >= 15 is 0 Å². The van der Waals surface area contributed by atoms with Crippen LogP contribution in [-0.4, -0.2) is 10.1 Å². The lowest BCUT2D eigenvalue weighted by atomic mass is 10.3.